The SMILES string of the molecule is CC(C)C(=O)N1CCC(NC(=O)[C@@H]2CCCNC2)CC1. The van der Waals surface area contributed by atoms with Crippen LogP contribution in [0.5, 0.6) is 0 Å². The van der Waals surface area contributed by atoms with Crippen molar-refractivity contribution in [3.8, 4) is 0 Å². The van der Waals surface area contributed by atoms with E-state index in [4.69, 9.17) is 0 Å². The molecule has 0 aromatic heterocycles. The summed E-state index contributed by atoms with van der Waals surface area (Å²) in [7, 11) is 0. The molecule has 2 saturated heterocycles. The van der Waals surface area contributed by atoms with Gasteiger partial charge in [0.25, 0.3) is 0 Å². The van der Waals surface area contributed by atoms with Crippen LogP contribution in [0, 0.1) is 11.8 Å². The lowest BCUT2D eigenvalue weighted by Crippen LogP contribution is -2.50. The molecule has 2 aliphatic heterocycles. The molecular formula is C15H27N3O2. The first kappa shape index (κ1) is 15.3. The maximum atomic E-state index is 12.2. The molecule has 0 bridgehead atoms. The lowest BCUT2D eigenvalue weighted by molar-refractivity contribution is -0.135. The van der Waals surface area contributed by atoms with Crippen molar-refractivity contribution in [2.45, 2.75) is 45.6 Å². The van der Waals surface area contributed by atoms with E-state index in [1.165, 1.54) is 0 Å². The van der Waals surface area contributed by atoms with E-state index in [0.29, 0.717) is 0 Å². The van der Waals surface area contributed by atoms with Crippen LogP contribution in [0.2, 0.25) is 0 Å². The predicted octanol–water partition coefficient (Wildman–Crippen LogP) is 0.749. The number of hydrogen-bond donors (Lipinski definition) is 2. The Morgan fingerprint density at radius 2 is 1.90 bits per heavy atom. The normalized spacial score (nSPS) is 24.8. The van der Waals surface area contributed by atoms with Crippen molar-refractivity contribution < 1.29 is 9.59 Å². The monoisotopic (exact) mass is 281 g/mol. The van der Waals surface area contributed by atoms with Gasteiger partial charge < -0.3 is 15.5 Å². The summed E-state index contributed by atoms with van der Waals surface area (Å²) in [6, 6.07) is 0.237. The number of amides is 2. The molecule has 5 heteroatoms. The van der Waals surface area contributed by atoms with Gasteiger partial charge in [0, 0.05) is 31.6 Å². The minimum atomic E-state index is 0.0643. The van der Waals surface area contributed by atoms with Crippen LogP contribution in [0.4, 0.5) is 0 Å². The highest BCUT2D eigenvalue weighted by Gasteiger charge is 2.27. The van der Waals surface area contributed by atoms with E-state index in [9.17, 15) is 9.59 Å². The second-order valence-corrected chi connectivity index (χ2v) is 6.31. The zero-order chi connectivity index (χ0) is 14.5. The zero-order valence-electron chi connectivity index (χ0n) is 12.7. The van der Waals surface area contributed by atoms with E-state index in [1.54, 1.807) is 0 Å². The first-order valence-electron chi connectivity index (χ1n) is 7.88. The molecule has 2 fully saturated rings. The van der Waals surface area contributed by atoms with Crippen LogP contribution < -0.4 is 10.6 Å². The van der Waals surface area contributed by atoms with Gasteiger partial charge in [-0.2, -0.15) is 0 Å². The number of piperidine rings is 2. The van der Waals surface area contributed by atoms with Crippen molar-refractivity contribution in [2.24, 2.45) is 11.8 Å². The van der Waals surface area contributed by atoms with Gasteiger partial charge in [0.05, 0.1) is 5.92 Å². The van der Waals surface area contributed by atoms with Crippen LogP contribution in [-0.2, 0) is 9.59 Å². The molecule has 0 aliphatic carbocycles. The Morgan fingerprint density at radius 1 is 1.20 bits per heavy atom. The summed E-state index contributed by atoms with van der Waals surface area (Å²) in [5.41, 5.74) is 0. The van der Waals surface area contributed by atoms with Crippen LogP contribution in [0.1, 0.15) is 39.5 Å². The molecule has 114 valence electrons. The van der Waals surface area contributed by atoms with E-state index in [1.807, 2.05) is 18.7 Å². The van der Waals surface area contributed by atoms with Crippen molar-refractivity contribution in [1.29, 1.82) is 0 Å². The van der Waals surface area contributed by atoms with Crippen molar-refractivity contribution >= 4 is 11.8 Å². The summed E-state index contributed by atoms with van der Waals surface area (Å²) in [6.45, 7) is 7.24. The Morgan fingerprint density at radius 3 is 2.45 bits per heavy atom. The van der Waals surface area contributed by atoms with Crippen molar-refractivity contribution in [2.75, 3.05) is 26.2 Å². The lowest BCUT2D eigenvalue weighted by Gasteiger charge is -2.34. The van der Waals surface area contributed by atoms with Gasteiger partial charge in [-0.3, -0.25) is 9.59 Å². The smallest absolute Gasteiger partial charge is 0.225 e. The molecular weight excluding hydrogens is 254 g/mol. The largest absolute Gasteiger partial charge is 0.353 e. The minimum Gasteiger partial charge on any atom is -0.353 e. The molecule has 2 N–H and O–H groups in total. The molecule has 20 heavy (non-hydrogen) atoms. The number of hydrogen-bond acceptors (Lipinski definition) is 3. The fourth-order valence-corrected chi connectivity index (χ4v) is 3.00. The topological polar surface area (TPSA) is 61.4 Å². The molecule has 1 atom stereocenters. The summed E-state index contributed by atoms with van der Waals surface area (Å²) in [5, 5.41) is 6.43. The van der Waals surface area contributed by atoms with Gasteiger partial charge in [-0.05, 0) is 32.2 Å². The zero-order valence-corrected chi connectivity index (χ0v) is 12.7. The molecule has 2 rings (SSSR count). The van der Waals surface area contributed by atoms with Gasteiger partial charge >= 0.3 is 0 Å². The fourth-order valence-electron chi connectivity index (χ4n) is 3.00. The van der Waals surface area contributed by atoms with Crippen LogP contribution in [0.25, 0.3) is 0 Å². The van der Waals surface area contributed by atoms with E-state index in [0.717, 1.165) is 51.9 Å². The standard InChI is InChI=1S/C15H27N3O2/c1-11(2)15(20)18-8-5-13(6-9-18)17-14(19)12-4-3-7-16-10-12/h11-13,16H,3-10H2,1-2H3,(H,17,19)/t12-/m1/s1. The van der Waals surface area contributed by atoms with Crippen LogP contribution in [0.15, 0.2) is 0 Å². The Balaban J connectivity index is 1.73. The van der Waals surface area contributed by atoms with Crippen LogP contribution in [0.3, 0.4) is 0 Å². The van der Waals surface area contributed by atoms with E-state index < -0.39 is 0 Å². The van der Waals surface area contributed by atoms with E-state index in [-0.39, 0.29) is 29.7 Å². The number of rotatable bonds is 3. The number of carbonyl (C=O) groups is 2. The van der Waals surface area contributed by atoms with E-state index in [2.05, 4.69) is 10.6 Å². The maximum absolute atomic E-state index is 12.2. The third kappa shape index (κ3) is 3.95. The summed E-state index contributed by atoms with van der Waals surface area (Å²) in [4.78, 5) is 26.0. The number of likely N-dealkylation sites (tertiary alicyclic amines) is 1. The first-order chi connectivity index (χ1) is 9.58. The van der Waals surface area contributed by atoms with Crippen molar-refractivity contribution in [1.82, 2.24) is 15.5 Å². The quantitative estimate of drug-likeness (QED) is 0.802. The van der Waals surface area contributed by atoms with E-state index >= 15 is 0 Å². The van der Waals surface area contributed by atoms with Gasteiger partial charge in [0.15, 0.2) is 0 Å². The summed E-state index contributed by atoms with van der Waals surface area (Å²) in [6.07, 6.45) is 3.83. The average Bonchev–Trinajstić information content (AvgIpc) is 2.48. The lowest BCUT2D eigenvalue weighted by atomic mass is 9.97. The fraction of sp³-hybridized carbons (Fsp3) is 0.867. The molecule has 0 saturated carbocycles. The molecule has 0 unspecified atom stereocenters. The third-order valence-corrected chi connectivity index (χ3v) is 4.31. The maximum Gasteiger partial charge on any atom is 0.225 e. The Kier molecular flexibility index (Phi) is 5.40. The van der Waals surface area contributed by atoms with Crippen LogP contribution in [-0.4, -0.2) is 48.9 Å². The third-order valence-electron chi connectivity index (χ3n) is 4.31. The Labute approximate surface area is 121 Å². The second-order valence-electron chi connectivity index (χ2n) is 6.31. The Bertz CT molecular complexity index is 343. The minimum absolute atomic E-state index is 0.0643. The number of carbonyl (C=O) groups excluding carboxylic acids is 2. The highest BCUT2D eigenvalue weighted by molar-refractivity contribution is 5.80. The molecule has 5 nitrogen and oxygen atoms in total. The molecule has 2 amide bonds. The highest BCUT2D eigenvalue weighted by atomic mass is 16.2. The second kappa shape index (κ2) is 7.07. The molecule has 0 radical (unpaired) electrons. The van der Waals surface area contributed by atoms with Crippen molar-refractivity contribution in [3.05, 3.63) is 0 Å². The number of nitrogens with zero attached hydrogens (tertiary/aromatic N) is 1. The first-order valence-corrected chi connectivity index (χ1v) is 7.88. The summed E-state index contributed by atoms with van der Waals surface area (Å²) < 4.78 is 0. The van der Waals surface area contributed by atoms with Gasteiger partial charge in [-0.15, -0.1) is 0 Å². The average molecular weight is 281 g/mol. The highest BCUT2D eigenvalue weighted by Crippen LogP contribution is 2.15. The predicted molar refractivity (Wildman–Crippen MR) is 78.2 cm³/mol. The number of nitrogens with one attached hydrogen (secondary N) is 2. The summed E-state index contributed by atoms with van der Waals surface area (Å²) >= 11 is 0. The molecule has 0 spiro atoms. The molecule has 0 aromatic rings. The van der Waals surface area contributed by atoms with Gasteiger partial charge in [-0.25, -0.2) is 0 Å². The van der Waals surface area contributed by atoms with Crippen molar-refractivity contribution in [3.63, 3.8) is 0 Å². The summed E-state index contributed by atoms with van der Waals surface area (Å²) in [5.74, 6) is 0.602. The Hall–Kier alpha value is -1.10. The van der Waals surface area contributed by atoms with Gasteiger partial charge in [-0.1, -0.05) is 13.8 Å². The molecule has 2 aliphatic rings. The van der Waals surface area contributed by atoms with Gasteiger partial charge in [0.1, 0.15) is 0 Å². The molecule has 0 aromatic carbocycles. The van der Waals surface area contributed by atoms with Gasteiger partial charge in [0.2, 0.25) is 11.8 Å². The molecule has 2 heterocycles. The van der Waals surface area contributed by atoms with Crippen LogP contribution >= 0.6 is 0 Å².